The average molecular weight is 251 g/mol. The highest BCUT2D eigenvalue weighted by Gasteiger charge is 2.54. The molecule has 0 radical (unpaired) electrons. The number of benzene rings is 1. The predicted octanol–water partition coefficient (Wildman–Crippen LogP) is 3.27. The van der Waals surface area contributed by atoms with E-state index in [0.29, 0.717) is 12.1 Å². The molecule has 2 N–H and O–H groups in total. The molecule has 2 rings (SSSR count). The predicted molar refractivity (Wildman–Crippen MR) is 68.0 cm³/mol. The van der Waals surface area contributed by atoms with Crippen molar-refractivity contribution in [3.8, 4) is 0 Å². The zero-order valence-electron chi connectivity index (χ0n) is 10.7. The minimum Gasteiger partial charge on any atom is -0.479 e. The van der Waals surface area contributed by atoms with Crippen LogP contribution >= 0.6 is 0 Å². The molecule has 4 heteroatoms. The van der Waals surface area contributed by atoms with E-state index in [4.69, 9.17) is 0 Å². The molecule has 18 heavy (non-hydrogen) atoms. The van der Waals surface area contributed by atoms with Crippen LogP contribution in [0.25, 0.3) is 0 Å². The highest BCUT2D eigenvalue weighted by Crippen LogP contribution is 2.48. The Morgan fingerprint density at radius 3 is 2.33 bits per heavy atom. The van der Waals surface area contributed by atoms with Crippen molar-refractivity contribution in [2.45, 2.75) is 38.6 Å². The standard InChI is InChI=1S/C14H18FNO2/c1-13(2)8-3-9-14(13,12(17)18)16-11-6-4-10(15)5-7-11/h4-7,16H,3,8-9H2,1-2H3,(H,17,18). The van der Waals surface area contributed by atoms with Crippen molar-refractivity contribution in [1.82, 2.24) is 0 Å². The van der Waals surface area contributed by atoms with Crippen molar-refractivity contribution in [1.29, 1.82) is 0 Å². The third-order valence-corrected chi connectivity index (χ3v) is 4.08. The molecule has 1 aliphatic rings. The SMILES string of the molecule is CC1(C)CCCC1(Nc1ccc(F)cc1)C(=O)O. The zero-order chi connectivity index (χ0) is 13.4. The van der Waals surface area contributed by atoms with E-state index in [1.54, 1.807) is 12.1 Å². The molecule has 1 fully saturated rings. The molecule has 1 aromatic rings. The molecule has 1 unspecified atom stereocenters. The Labute approximate surface area is 106 Å². The molecule has 1 aromatic carbocycles. The fraction of sp³-hybridized carbons (Fsp3) is 0.500. The van der Waals surface area contributed by atoms with Crippen LogP contribution in [0.15, 0.2) is 24.3 Å². The minimum atomic E-state index is -0.967. The maximum atomic E-state index is 12.9. The first-order chi connectivity index (χ1) is 8.37. The van der Waals surface area contributed by atoms with Crippen molar-refractivity contribution >= 4 is 11.7 Å². The first-order valence-electron chi connectivity index (χ1n) is 6.15. The number of carboxylic acids is 1. The Kier molecular flexibility index (Phi) is 3.05. The quantitative estimate of drug-likeness (QED) is 0.866. The van der Waals surface area contributed by atoms with E-state index in [0.717, 1.165) is 12.8 Å². The second-order valence-corrected chi connectivity index (χ2v) is 5.58. The highest BCUT2D eigenvalue weighted by atomic mass is 19.1. The molecule has 1 saturated carbocycles. The van der Waals surface area contributed by atoms with Crippen LogP contribution in [-0.4, -0.2) is 16.6 Å². The number of carboxylic acid groups (broad SMARTS) is 1. The van der Waals surface area contributed by atoms with Crippen LogP contribution in [0.5, 0.6) is 0 Å². The van der Waals surface area contributed by atoms with Crippen molar-refractivity contribution in [3.63, 3.8) is 0 Å². The Bertz CT molecular complexity index is 455. The van der Waals surface area contributed by atoms with Crippen molar-refractivity contribution in [2.24, 2.45) is 5.41 Å². The lowest BCUT2D eigenvalue weighted by molar-refractivity contribution is -0.145. The first kappa shape index (κ1) is 12.9. The monoisotopic (exact) mass is 251 g/mol. The van der Waals surface area contributed by atoms with Gasteiger partial charge in [0.2, 0.25) is 0 Å². The van der Waals surface area contributed by atoms with Gasteiger partial charge in [-0.05, 0) is 48.9 Å². The molecule has 0 aromatic heterocycles. The number of aliphatic carboxylic acids is 1. The van der Waals surface area contributed by atoms with Gasteiger partial charge in [0.1, 0.15) is 11.4 Å². The fourth-order valence-electron chi connectivity index (χ4n) is 2.81. The van der Waals surface area contributed by atoms with Crippen LogP contribution in [0, 0.1) is 11.2 Å². The largest absolute Gasteiger partial charge is 0.479 e. The molecule has 0 heterocycles. The second-order valence-electron chi connectivity index (χ2n) is 5.58. The van der Waals surface area contributed by atoms with Gasteiger partial charge in [0, 0.05) is 5.69 Å². The number of hydrogen-bond acceptors (Lipinski definition) is 2. The van der Waals surface area contributed by atoms with E-state index in [1.807, 2.05) is 13.8 Å². The Morgan fingerprint density at radius 1 is 1.28 bits per heavy atom. The molecule has 1 atom stereocenters. The van der Waals surface area contributed by atoms with Gasteiger partial charge in [0.25, 0.3) is 0 Å². The number of hydrogen-bond donors (Lipinski definition) is 2. The molecule has 1 aliphatic carbocycles. The first-order valence-corrected chi connectivity index (χ1v) is 6.15. The summed E-state index contributed by atoms with van der Waals surface area (Å²) in [5.41, 5.74) is -0.647. The molecule has 0 amide bonds. The molecule has 98 valence electrons. The van der Waals surface area contributed by atoms with Gasteiger partial charge in [0.15, 0.2) is 0 Å². The Hall–Kier alpha value is -1.58. The van der Waals surface area contributed by atoms with Crippen LogP contribution in [0.2, 0.25) is 0 Å². The van der Waals surface area contributed by atoms with Crippen LogP contribution in [0.3, 0.4) is 0 Å². The maximum absolute atomic E-state index is 12.9. The van der Waals surface area contributed by atoms with Crippen molar-refractivity contribution in [2.75, 3.05) is 5.32 Å². The molecule has 3 nitrogen and oxygen atoms in total. The van der Waals surface area contributed by atoms with E-state index >= 15 is 0 Å². The average Bonchev–Trinajstić information content (AvgIpc) is 2.58. The smallest absolute Gasteiger partial charge is 0.329 e. The number of carbonyl (C=O) groups is 1. The molecular weight excluding hydrogens is 233 g/mol. The van der Waals surface area contributed by atoms with Gasteiger partial charge >= 0.3 is 5.97 Å². The van der Waals surface area contributed by atoms with E-state index < -0.39 is 11.5 Å². The number of rotatable bonds is 3. The zero-order valence-corrected chi connectivity index (χ0v) is 10.7. The normalized spacial score (nSPS) is 25.9. The highest BCUT2D eigenvalue weighted by molar-refractivity contribution is 5.84. The Balaban J connectivity index is 2.33. The van der Waals surface area contributed by atoms with E-state index in [9.17, 15) is 14.3 Å². The molecular formula is C14H18FNO2. The van der Waals surface area contributed by atoms with E-state index in [2.05, 4.69) is 5.32 Å². The van der Waals surface area contributed by atoms with Crippen molar-refractivity contribution in [3.05, 3.63) is 30.1 Å². The summed E-state index contributed by atoms with van der Waals surface area (Å²) < 4.78 is 12.9. The lowest BCUT2D eigenvalue weighted by Gasteiger charge is -2.39. The second kappa shape index (κ2) is 4.26. The molecule has 0 saturated heterocycles. The lowest BCUT2D eigenvalue weighted by atomic mass is 9.74. The summed E-state index contributed by atoms with van der Waals surface area (Å²) in [7, 11) is 0. The lowest BCUT2D eigenvalue weighted by Crippen LogP contribution is -2.53. The maximum Gasteiger partial charge on any atom is 0.329 e. The van der Waals surface area contributed by atoms with Gasteiger partial charge in [-0.3, -0.25) is 0 Å². The topological polar surface area (TPSA) is 49.3 Å². The van der Waals surface area contributed by atoms with Crippen LogP contribution in [0.1, 0.15) is 33.1 Å². The van der Waals surface area contributed by atoms with E-state index in [-0.39, 0.29) is 11.2 Å². The molecule has 0 aliphatic heterocycles. The summed E-state index contributed by atoms with van der Waals surface area (Å²) in [5, 5.41) is 12.7. The fourth-order valence-corrected chi connectivity index (χ4v) is 2.81. The number of halogens is 1. The van der Waals surface area contributed by atoms with Gasteiger partial charge in [-0.15, -0.1) is 0 Å². The van der Waals surface area contributed by atoms with Crippen molar-refractivity contribution < 1.29 is 14.3 Å². The van der Waals surface area contributed by atoms with Gasteiger partial charge < -0.3 is 10.4 Å². The minimum absolute atomic E-state index is 0.324. The van der Waals surface area contributed by atoms with Crippen LogP contribution in [0.4, 0.5) is 10.1 Å². The molecule has 0 bridgehead atoms. The summed E-state index contributed by atoms with van der Waals surface area (Å²) in [5.74, 6) is -1.16. The third-order valence-electron chi connectivity index (χ3n) is 4.08. The van der Waals surface area contributed by atoms with Gasteiger partial charge in [-0.1, -0.05) is 13.8 Å². The van der Waals surface area contributed by atoms with Gasteiger partial charge in [0.05, 0.1) is 0 Å². The van der Waals surface area contributed by atoms with Gasteiger partial charge in [-0.25, -0.2) is 9.18 Å². The van der Waals surface area contributed by atoms with E-state index in [1.165, 1.54) is 12.1 Å². The third kappa shape index (κ3) is 1.96. The summed E-state index contributed by atoms with van der Waals surface area (Å²) >= 11 is 0. The number of anilines is 1. The summed E-state index contributed by atoms with van der Waals surface area (Å²) in [6.45, 7) is 3.93. The van der Waals surface area contributed by atoms with Crippen LogP contribution < -0.4 is 5.32 Å². The molecule has 0 spiro atoms. The summed E-state index contributed by atoms with van der Waals surface area (Å²) in [4.78, 5) is 11.7. The summed E-state index contributed by atoms with van der Waals surface area (Å²) in [6, 6.07) is 5.82. The number of nitrogens with one attached hydrogen (secondary N) is 1. The Morgan fingerprint density at radius 2 is 1.89 bits per heavy atom. The van der Waals surface area contributed by atoms with Gasteiger partial charge in [-0.2, -0.15) is 0 Å². The van der Waals surface area contributed by atoms with Crippen LogP contribution in [-0.2, 0) is 4.79 Å². The summed E-state index contributed by atoms with van der Waals surface area (Å²) in [6.07, 6.45) is 2.34.